The highest BCUT2D eigenvalue weighted by atomic mass is 16.5. The second-order valence-electron chi connectivity index (χ2n) is 5.25. The molecule has 2 unspecified atom stereocenters. The summed E-state index contributed by atoms with van der Waals surface area (Å²) in [6.07, 6.45) is -0.913. The zero-order chi connectivity index (χ0) is 21.5. The summed E-state index contributed by atoms with van der Waals surface area (Å²) in [5.41, 5.74) is 0. The lowest BCUT2D eigenvalue weighted by Crippen LogP contribution is -2.53. The topological polar surface area (TPSA) is 146 Å². The van der Waals surface area contributed by atoms with Crippen molar-refractivity contribution in [2.45, 2.75) is 52.6 Å². The Morgan fingerprint density at radius 3 is 1.21 bits per heavy atom. The molecule has 2 atom stereocenters. The van der Waals surface area contributed by atoms with E-state index in [4.69, 9.17) is 18.9 Å². The van der Waals surface area contributed by atoms with Crippen molar-refractivity contribution in [1.29, 1.82) is 0 Å². The van der Waals surface area contributed by atoms with Crippen molar-refractivity contribution in [2.24, 2.45) is 0 Å². The van der Waals surface area contributed by atoms with Crippen molar-refractivity contribution >= 4 is 29.9 Å². The number of carbonyl (C=O) groups is 5. The molecule has 0 aromatic rings. The maximum Gasteiger partial charge on any atom is 0.329 e. The van der Waals surface area contributed by atoms with Crippen LogP contribution >= 0.6 is 0 Å². The maximum absolute atomic E-state index is 12.2. The van der Waals surface area contributed by atoms with Gasteiger partial charge in [0, 0.05) is 0 Å². The molecule has 2 amide bonds. The summed E-state index contributed by atoms with van der Waals surface area (Å²) in [7, 11) is 0. The van der Waals surface area contributed by atoms with Gasteiger partial charge in [0.15, 0.2) is 0 Å². The monoisotopic (exact) mass is 404 g/mol. The van der Waals surface area contributed by atoms with E-state index < -0.39 is 54.8 Å². The summed E-state index contributed by atoms with van der Waals surface area (Å²) in [6.45, 7) is 6.60. The van der Waals surface area contributed by atoms with Crippen molar-refractivity contribution in [3.8, 4) is 0 Å². The molecule has 0 fully saturated rings. The van der Waals surface area contributed by atoms with Crippen LogP contribution in [0.1, 0.15) is 40.5 Å². The molecule has 0 rings (SSSR count). The minimum absolute atomic E-state index is 0.0375. The molecule has 0 aliphatic carbocycles. The zero-order valence-electron chi connectivity index (χ0n) is 16.6. The molecule has 0 saturated carbocycles. The van der Waals surface area contributed by atoms with Crippen LogP contribution in [-0.4, -0.2) is 68.4 Å². The summed E-state index contributed by atoms with van der Waals surface area (Å²) in [5, 5.41) is 4.48. The summed E-state index contributed by atoms with van der Waals surface area (Å²) in [4.78, 5) is 59.4. The van der Waals surface area contributed by atoms with Gasteiger partial charge in [0.2, 0.25) is 0 Å². The van der Waals surface area contributed by atoms with E-state index >= 15 is 0 Å². The van der Waals surface area contributed by atoms with Gasteiger partial charge in [0.25, 0.3) is 0 Å². The molecule has 0 bridgehead atoms. The van der Waals surface area contributed by atoms with Crippen LogP contribution in [0.5, 0.6) is 0 Å². The van der Waals surface area contributed by atoms with Crippen LogP contribution in [0.25, 0.3) is 0 Å². The fourth-order valence-electron chi connectivity index (χ4n) is 2.00. The Bertz CT molecular complexity index is 505. The number of hydrogen-bond acceptors (Lipinski definition) is 9. The fraction of sp³-hybridized carbons (Fsp3) is 0.706. The van der Waals surface area contributed by atoms with Gasteiger partial charge in [0.05, 0.1) is 39.3 Å². The van der Waals surface area contributed by atoms with Gasteiger partial charge in [-0.1, -0.05) is 0 Å². The SMILES string of the molecule is CCOC(=O)CC(NC(=O)NC(CC(=O)OCC)C(=O)OCC)C(=O)OCC. The smallest absolute Gasteiger partial charge is 0.329 e. The zero-order valence-corrected chi connectivity index (χ0v) is 16.6. The Hall–Kier alpha value is -2.85. The summed E-state index contributed by atoms with van der Waals surface area (Å²) in [6, 6.07) is -3.63. The number of amides is 2. The summed E-state index contributed by atoms with van der Waals surface area (Å²) < 4.78 is 19.2. The number of rotatable bonds is 12. The van der Waals surface area contributed by atoms with Crippen LogP contribution in [0, 0.1) is 0 Å². The third-order valence-corrected chi connectivity index (χ3v) is 3.11. The van der Waals surface area contributed by atoms with Crippen molar-refractivity contribution in [3.05, 3.63) is 0 Å². The third kappa shape index (κ3) is 10.3. The first kappa shape index (κ1) is 25.1. The van der Waals surface area contributed by atoms with Crippen LogP contribution in [0.3, 0.4) is 0 Å². The van der Waals surface area contributed by atoms with Gasteiger partial charge in [-0.15, -0.1) is 0 Å². The minimum atomic E-state index is -1.33. The number of carbonyl (C=O) groups excluding carboxylic acids is 5. The fourth-order valence-corrected chi connectivity index (χ4v) is 2.00. The number of ether oxygens (including phenoxy) is 4. The first-order chi connectivity index (χ1) is 13.3. The molecule has 0 radical (unpaired) electrons. The van der Waals surface area contributed by atoms with Gasteiger partial charge in [-0.25, -0.2) is 14.4 Å². The number of urea groups is 1. The van der Waals surface area contributed by atoms with Gasteiger partial charge < -0.3 is 29.6 Å². The standard InChI is InChI=1S/C17H28N2O9/c1-5-25-13(20)9-11(15(22)27-7-3)18-17(24)19-12(16(23)28-8-4)10-14(21)26-6-2/h11-12H,5-10H2,1-4H3,(H2,18,19,24). The molecular formula is C17H28N2O9. The molecule has 11 nitrogen and oxygen atoms in total. The van der Waals surface area contributed by atoms with Gasteiger partial charge in [-0.2, -0.15) is 0 Å². The summed E-state index contributed by atoms with van der Waals surface area (Å²) >= 11 is 0. The number of esters is 4. The molecule has 0 aliphatic heterocycles. The van der Waals surface area contributed by atoms with E-state index in [2.05, 4.69) is 10.6 Å². The largest absolute Gasteiger partial charge is 0.466 e. The third-order valence-electron chi connectivity index (χ3n) is 3.11. The van der Waals surface area contributed by atoms with E-state index in [0.29, 0.717) is 0 Å². The van der Waals surface area contributed by atoms with Crippen LogP contribution in [0.4, 0.5) is 4.79 Å². The normalized spacial score (nSPS) is 12.1. The lowest BCUT2D eigenvalue weighted by molar-refractivity contribution is -0.152. The maximum atomic E-state index is 12.2. The highest BCUT2D eigenvalue weighted by Crippen LogP contribution is 2.02. The predicted molar refractivity (Wildman–Crippen MR) is 95.0 cm³/mol. The second-order valence-corrected chi connectivity index (χ2v) is 5.25. The highest BCUT2D eigenvalue weighted by Gasteiger charge is 2.30. The lowest BCUT2D eigenvalue weighted by Gasteiger charge is -2.20. The minimum Gasteiger partial charge on any atom is -0.466 e. The lowest BCUT2D eigenvalue weighted by atomic mass is 10.2. The molecule has 0 spiro atoms. The van der Waals surface area contributed by atoms with E-state index in [9.17, 15) is 24.0 Å². The average molecular weight is 404 g/mol. The summed E-state index contributed by atoms with van der Waals surface area (Å²) in [5.74, 6) is -3.11. The molecule has 0 aliphatic rings. The second kappa shape index (κ2) is 14.2. The van der Waals surface area contributed by atoms with Gasteiger partial charge in [-0.05, 0) is 27.7 Å². The molecule has 28 heavy (non-hydrogen) atoms. The van der Waals surface area contributed by atoms with Crippen molar-refractivity contribution in [3.63, 3.8) is 0 Å². The Labute approximate surface area is 163 Å². The molecule has 160 valence electrons. The van der Waals surface area contributed by atoms with Crippen molar-refractivity contribution < 1.29 is 42.9 Å². The number of hydrogen-bond donors (Lipinski definition) is 2. The van der Waals surface area contributed by atoms with Gasteiger partial charge >= 0.3 is 29.9 Å². The molecule has 0 saturated heterocycles. The van der Waals surface area contributed by atoms with Crippen LogP contribution < -0.4 is 10.6 Å². The van der Waals surface area contributed by atoms with Crippen molar-refractivity contribution in [2.75, 3.05) is 26.4 Å². The van der Waals surface area contributed by atoms with E-state index in [1.165, 1.54) is 0 Å². The quantitative estimate of drug-likeness (QED) is 0.340. The Morgan fingerprint density at radius 1 is 0.607 bits per heavy atom. The molecule has 2 N–H and O–H groups in total. The van der Waals surface area contributed by atoms with E-state index in [-0.39, 0.29) is 26.4 Å². The Kier molecular flexibility index (Phi) is 12.8. The van der Waals surface area contributed by atoms with Crippen LogP contribution in [0.15, 0.2) is 0 Å². The van der Waals surface area contributed by atoms with Crippen molar-refractivity contribution in [1.82, 2.24) is 10.6 Å². The first-order valence-corrected chi connectivity index (χ1v) is 9.00. The molecule has 0 aromatic heterocycles. The Morgan fingerprint density at radius 2 is 0.929 bits per heavy atom. The predicted octanol–water partition coefficient (Wildman–Crippen LogP) is 0.0554. The number of nitrogens with one attached hydrogen (secondary N) is 2. The molecular weight excluding hydrogens is 376 g/mol. The van der Waals surface area contributed by atoms with Gasteiger partial charge in [0.1, 0.15) is 12.1 Å². The highest BCUT2D eigenvalue weighted by molar-refractivity contribution is 5.90. The van der Waals surface area contributed by atoms with E-state index in [1.807, 2.05) is 0 Å². The van der Waals surface area contributed by atoms with Gasteiger partial charge in [-0.3, -0.25) is 9.59 Å². The molecule has 0 aromatic carbocycles. The Balaban J connectivity index is 5.10. The first-order valence-electron chi connectivity index (χ1n) is 9.00. The average Bonchev–Trinajstić information content (AvgIpc) is 2.61. The van der Waals surface area contributed by atoms with Crippen LogP contribution in [-0.2, 0) is 38.1 Å². The van der Waals surface area contributed by atoms with Crippen LogP contribution in [0.2, 0.25) is 0 Å². The van der Waals surface area contributed by atoms with E-state index in [1.54, 1.807) is 27.7 Å². The van der Waals surface area contributed by atoms with E-state index in [0.717, 1.165) is 0 Å². The molecule has 0 heterocycles. The molecule has 11 heteroatoms.